The van der Waals surface area contributed by atoms with Gasteiger partial charge in [-0.3, -0.25) is 14.9 Å². The number of nitrogens with two attached hydrogens (primary N) is 1. The Bertz CT molecular complexity index is 518. The molecule has 2 atom stereocenters. The molecule has 0 saturated carbocycles. The Hall–Kier alpha value is -2.15. The van der Waals surface area contributed by atoms with Crippen molar-refractivity contribution < 1.29 is 14.5 Å². The van der Waals surface area contributed by atoms with Gasteiger partial charge in [0.15, 0.2) is 0 Å². The van der Waals surface area contributed by atoms with E-state index in [1.165, 1.54) is 18.2 Å². The van der Waals surface area contributed by atoms with Crippen molar-refractivity contribution in [1.82, 2.24) is 0 Å². The zero-order valence-corrected chi connectivity index (χ0v) is 10.5. The highest BCUT2D eigenvalue weighted by Gasteiger charge is 2.26. The van der Waals surface area contributed by atoms with Gasteiger partial charge in [-0.1, -0.05) is 0 Å². The first-order valence-electron chi connectivity index (χ1n) is 5.95. The monoisotopic (exact) mass is 265 g/mol. The quantitative estimate of drug-likeness (QED) is 0.629. The van der Waals surface area contributed by atoms with Gasteiger partial charge >= 0.3 is 0 Å². The van der Waals surface area contributed by atoms with Gasteiger partial charge in [-0.2, -0.15) is 0 Å². The van der Waals surface area contributed by atoms with E-state index in [0.717, 1.165) is 6.42 Å². The van der Waals surface area contributed by atoms with Crippen molar-refractivity contribution >= 4 is 17.3 Å². The van der Waals surface area contributed by atoms with Crippen molar-refractivity contribution in [1.29, 1.82) is 0 Å². The molecule has 1 aliphatic heterocycles. The van der Waals surface area contributed by atoms with E-state index in [9.17, 15) is 14.9 Å². The zero-order valence-electron chi connectivity index (χ0n) is 10.5. The normalized spacial score (nSPS) is 22.2. The summed E-state index contributed by atoms with van der Waals surface area (Å²) in [7, 11) is 0. The summed E-state index contributed by atoms with van der Waals surface area (Å²) in [5.74, 6) is -0.617. The second-order valence-electron chi connectivity index (χ2n) is 4.47. The number of primary amides is 1. The fourth-order valence-corrected chi connectivity index (χ4v) is 2.09. The Kier molecular flexibility index (Phi) is 3.66. The van der Waals surface area contributed by atoms with Crippen molar-refractivity contribution in [3.8, 4) is 0 Å². The molecule has 7 nitrogen and oxygen atoms in total. The maximum atomic E-state index is 11.1. The van der Waals surface area contributed by atoms with Gasteiger partial charge in [0.1, 0.15) is 5.69 Å². The number of amides is 1. The molecule has 7 heteroatoms. The number of nitrogens with zero attached hydrogens (tertiary/aromatic N) is 1. The molecule has 2 unspecified atom stereocenters. The summed E-state index contributed by atoms with van der Waals surface area (Å²) in [4.78, 5) is 21.6. The van der Waals surface area contributed by atoms with Gasteiger partial charge in [-0.15, -0.1) is 0 Å². The number of benzene rings is 1. The molecule has 0 radical (unpaired) electrons. The molecular weight excluding hydrogens is 250 g/mol. The van der Waals surface area contributed by atoms with Gasteiger partial charge in [0.25, 0.3) is 5.69 Å². The summed E-state index contributed by atoms with van der Waals surface area (Å²) in [5.41, 5.74) is 5.63. The van der Waals surface area contributed by atoms with E-state index in [1.807, 2.05) is 6.92 Å². The molecule has 1 fully saturated rings. The number of carbonyl (C=O) groups is 1. The Morgan fingerprint density at radius 2 is 2.32 bits per heavy atom. The van der Waals surface area contributed by atoms with Crippen molar-refractivity contribution in [3.05, 3.63) is 33.9 Å². The number of nitro benzene ring substituents is 1. The molecule has 0 spiro atoms. The molecule has 19 heavy (non-hydrogen) atoms. The number of carbonyl (C=O) groups excluding carboxylic acids is 1. The van der Waals surface area contributed by atoms with E-state index < -0.39 is 10.8 Å². The summed E-state index contributed by atoms with van der Waals surface area (Å²) in [6.45, 7) is 2.51. The molecule has 3 N–H and O–H groups in total. The van der Waals surface area contributed by atoms with E-state index >= 15 is 0 Å². The zero-order chi connectivity index (χ0) is 14.0. The van der Waals surface area contributed by atoms with Gasteiger partial charge < -0.3 is 15.8 Å². The highest BCUT2D eigenvalue weighted by molar-refractivity contribution is 5.94. The molecule has 0 aromatic heterocycles. The topological polar surface area (TPSA) is 107 Å². The van der Waals surface area contributed by atoms with Crippen LogP contribution in [-0.4, -0.2) is 29.6 Å². The van der Waals surface area contributed by atoms with E-state index in [4.69, 9.17) is 10.5 Å². The van der Waals surface area contributed by atoms with Crippen molar-refractivity contribution in [3.63, 3.8) is 0 Å². The van der Waals surface area contributed by atoms with Gasteiger partial charge in [0.2, 0.25) is 5.91 Å². The minimum absolute atomic E-state index is 0.0122. The summed E-state index contributed by atoms with van der Waals surface area (Å²) >= 11 is 0. The van der Waals surface area contributed by atoms with Gasteiger partial charge in [-0.25, -0.2) is 0 Å². The van der Waals surface area contributed by atoms with E-state index in [0.29, 0.717) is 12.3 Å². The molecular formula is C12H15N3O4. The predicted octanol–water partition coefficient (Wildman–Crippen LogP) is 1.28. The van der Waals surface area contributed by atoms with E-state index in [2.05, 4.69) is 5.32 Å². The third kappa shape index (κ3) is 2.82. The molecule has 1 saturated heterocycles. The van der Waals surface area contributed by atoms with Crippen LogP contribution in [0.1, 0.15) is 23.7 Å². The van der Waals surface area contributed by atoms with Crippen LogP contribution in [0.2, 0.25) is 0 Å². The fraction of sp³-hybridized carbons (Fsp3) is 0.417. The number of nitro groups is 1. The summed E-state index contributed by atoms with van der Waals surface area (Å²) < 4.78 is 5.39. The van der Waals surface area contributed by atoms with Crippen LogP contribution in [-0.2, 0) is 4.74 Å². The number of anilines is 1. The molecule has 102 valence electrons. The maximum absolute atomic E-state index is 11.1. The standard InChI is InChI=1S/C12H15N3O4/c1-7-9(4-5-19-7)14-10-6-8(12(13)16)2-3-11(10)15(17)18/h2-3,6-7,9,14H,4-5H2,1H3,(H2,13,16). The Morgan fingerprint density at radius 1 is 1.58 bits per heavy atom. The van der Waals surface area contributed by atoms with Gasteiger partial charge in [-0.05, 0) is 25.5 Å². The second kappa shape index (κ2) is 5.23. The van der Waals surface area contributed by atoms with Crippen LogP contribution in [0.5, 0.6) is 0 Å². The predicted molar refractivity (Wildman–Crippen MR) is 69.1 cm³/mol. The molecule has 0 aliphatic carbocycles. The minimum atomic E-state index is -0.617. The molecule has 1 amide bonds. The third-order valence-corrected chi connectivity index (χ3v) is 3.19. The van der Waals surface area contributed by atoms with Crippen LogP contribution < -0.4 is 11.1 Å². The first-order valence-corrected chi connectivity index (χ1v) is 5.95. The number of nitrogens with one attached hydrogen (secondary N) is 1. The lowest BCUT2D eigenvalue weighted by atomic mass is 10.1. The number of ether oxygens (including phenoxy) is 1. The minimum Gasteiger partial charge on any atom is -0.376 e. The number of rotatable bonds is 4. The fourth-order valence-electron chi connectivity index (χ4n) is 2.09. The van der Waals surface area contributed by atoms with Crippen LogP contribution in [0, 0.1) is 10.1 Å². The van der Waals surface area contributed by atoms with E-state index in [1.54, 1.807) is 0 Å². The van der Waals surface area contributed by atoms with Crippen LogP contribution >= 0.6 is 0 Å². The largest absolute Gasteiger partial charge is 0.376 e. The smallest absolute Gasteiger partial charge is 0.292 e. The third-order valence-electron chi connectivity index (χ3n) is 3.19. The Morgan fingerprint density at radius 3 is 2.84 bits per heavy atom. The molecule has 1 aliphatic rings. The van der Waals surface area contributed by atoms with Crippen LogP contribution in [0.15, 0.2) is 18.2 Å². The second-order valence-corrected chi connectivity index (χ2v) is 4.47. The lowest BCUT2D eigenvalue weighted by Gasteiger charge is -2.17. The first kappa shape index (κ1) is 13.3. The molecule has 2 rings (SSSR count). The van der Waals surface area contributed by atoms with Gasteiger partial charge in [0.05, 0.1) is 17.1 Å². The average Bonchev–Trinajstić information content (AvgIpc) is 2.74. The van der Waals surface area contributed by atoms with Crippen LogP contribution in [0.25, 0.3) is 0 Å². The lowest BCUT2D eigenvalue weighted by molar-refractivity contribution is -0.384. The van der Waals surface area contributed by atoms with Crippen molar-refractivity contribution in [2.45, 2.75) is 25.5 Å². The Balaban J connectivity index is 2.32. The van der Waals surface area contributed by atoms with Crippen LogP contribution in [0.3, 0.4) is 0 Å². The maximum Gasteiger partial charge on any atom is 0.292 e. The van der Waals surface area contributed by atoms with E-state index in [-0.39, 0.29) is 23.4 Å². The summed E-state index contributed by atoms with van der Waals surface area (Å²) in [5, 5.41) is 14.0. The molecule has 1 heterocycles. The van der Waals surface area contributed by atoms with Crippen LogP contribution in [0.4, 0.5) is 11.4 Å². The SMILES string of the molecule is CC1OCCC1Nc1cc(C(N)=O)ccc1[N+](=O)[O-]. The highest BCUT2D eigenvalue weighted by atomic mass is 16.6. The summed E-state index contributed by atoms with van der Waals surface area (Å²) in [6.07, 6.45) is 0.732. The lowest BCUT2D eigenvalue weighted by Crippen LogP contribution is -2.27. The highest BCUT2D eigenvalue weighted by Crippen LogP contribution is 2.28. The molecule has 0 bridgehead atoms. The summed E-state index contributed by atoms with van der Waals surface area (Å²) in [6, 6.07) is 4.02. The number of hydrogen-bond donors (Lipinski definition) is 2. The van der Waals surface area contributed by atoms with Crippen molar-refractivity contribution in [2.24, 2.45) is 5.73 Å². The molecule has 1 aromatic carbocycles. The van der Waals surface area contributed by atoms with Crippen molar-refractivity contribution in [2.75, 3.05) is 11.9 Å². The van der Waals surface area contributed by atoms with Gasteiger partial charge in [0, 0.05) is 18.2 Å². The Labute approximate surface area is 109 Å². The number of hydrogen-bond acceptors (Lipinski definition) is 5. The molecule has 1 aromatic rings. The average molecular weight is 265 g/mol. The first-order chi connectivity index (χ1) is 8.99.